The summed E-state index contributed by atoms with van der Waals surface area (Å²) < 4.78 is 0. The molecule has 1 aliphatic heterocycles. The number of nitrogens with two attached hydrogens (primary N) is 1. The minimum Gasteiger partial charge on any atom is -0.371 e. The monoisotopic (exact) mass is 218 g/mol. The second-order valence-corrected chi connectivity index (χ2v) is 5.02. The smallest absolute Gasteiger partial charge is 0.0411 e. The molecule has 1 aromatic rings. The second kappa shape index (κ2) is 4.88. The molecule has 0 saturated carbocycles. The van der Waals surface area contributed by atoms with E-state index in [0.717, 1.165) is 18.4 Å². The van der Waals surface area contributed by atoms with E-state index in [2.05, 4.69) is 43.0 Å². The van der Waals surface area contributed by atoms with Crippen LogP contribution < -0.4 is 10.6 Å². The summed E-state index contributed by atoms with van der Waals surface area (Å²) in [7, 11) is 0. The van der Waals surface area contributed by atoms with Gasteiger partial charge in [-0.3, -0.25) is 0 Å². The van der Waals surface area contributed by atoms with Crippen molar-refractivity contribution in [3.8, 4) is 0 Å². The maximum absolute atomic E-state index is 5.79. The van der Waals surface area contributed by atoms with Crippen molar-refractivity contribution < 1.29 is 0 Å². The van der Waals surface area contributed by atoms with Crippen molar-refractivity contribution in [1.82, 2.24) is 0 Å². The van der Waals surface area contributed by atoms with Crippen LogP contribution in [0.15, 0.2) is 24.3 Å². The third kappa shape index (κ3) is 2.22. The standard InChI is InChI=1S/C14H22N2/c1-11-7-8-16(10-12(11)2)14-6-4-3-5-13(14)9-15/h3-6,11-12H,7-10,15H2,1-2H3. The quantitative estimate of drug-likeness (QED) is 0.827. The average molecular weight is 218 g/mol. The highest BCUT2D eigenvalue weighted by Crippen LogP contribution is 2.28. The van der Waals surface area contributed by atoms with Crippen LogP contribution >= 0.6 is 0 Å². The number of nitrogens with zero attached hydrogens (tertiary/aromatic N) is 1. The summed E-state index contributed by atoms with van der Waals surface area (Å²) in [6, 6.07) is 8.52. The molecule has 2 N–H and O–H groups in total. The predicted molar refractivity (Wildman–Crippen MR) is 69.5 cm³/mol. The Morgan fingerprint density at radius 2 is 2.00 bits per heavy atom. The van der Waals surface area contributed by atoms with E-state index < -0.39 is 0 Å². The predicted octanol–water partition coefficient (Wildman–Crippen LogP) is 2.63. The molecule has 2 unspecified atom stereocenters. The van der Waals surface area contributed by atoms with Crippen molar-refractivity contribution >= 4 is 5.69 Å². The summed E-state index contributed by atoms with van der Waals surface area (Å²) in [6.45, 7) is 7.68. The molecule has 0 amide bonds. The van der Waals surface area contributed by atoms with Crippen LogP contribution in [-0.2, 0) is 6.54 Å². The van der Waals surface area contributed by atoms with E-state index in [1.807, 2.05) is 0 Å². The maximum atomic E-state index is 5.79. The fourth-order valence-corrected chi connectivity index (χ4v) is 2.47. The van der Waals surface area contributed by atoms with Gasteiger partial charge in [0.1, 0.15) is 0 Å². The minimum atomic E-state index is 0.636. The molecule has 1 heterocycles. The van der Waals surface area contributed by atoms with Crippen molar-refractivity contribution in [3.05, 3.63) is 29.8 Å². The van der Waals surface area contributed by atoms with E-state index in [1.54, 1.807) is 0 Å². The molecular formula is C14H22N2. The number of benzene rings is 1. The highest BCUT2D eigenvalue weighted by molar-refractivity contribution is 5.53. The van der Waals surface area contributed by atoms with Crippen molar-refractivity contribution in [1.29, 1.82) is 0 Å². The Hall–Kier alpha value is -1.02. The Bertz CT molecular complexity index is 348. The lowest BCUT2D eigenvalue weighted by molar-refractivity contribution is 0.323. The minimum absolute atomic E-state index is 0.636. The number of anilines is 1. The molecule has 0 radical (unpaired) electrons. The van der Waals surface area contributed by atoms with Crippen molar-refractivity contribution in [3.63, 3.8) is 0 Å². The summed E-state index contributed by atoms with van der Waals surface area (Å²) in [5, 5.41) is 0. The fraction of sp³-hybridized carbons (Fsp3) is 0.571. The Kier molecular flexibility index (Phi) is 3.49. The number of hydrogen-bond acceptors (Lipinski definition) is 2. The van der Waals surface area contributed by atoms with Gasteiger partial charge in [-0.25, -0.2) is 0 Å². The zero-order valence-electron chi connectivity index (χ0n) is 10.3. The molecule has 1 aliphatic rings. The summed E-state index contributed by atoms with van der Waals surface area (Å²) in [4.78, 5) is 2.49. The largest absolute Gasteiger partial charge is 0.371 e. The van der Waals surface area contributed by atoms with Gasteiger partial charge in [-0.05, 0) is 29.9 Å². The summed E-state index contributed by atoms with van der Waals surface area (Å²) >= 11 is 0. The van der Waals surface area contributed by atoms with Crippen LogP contribution in [0, 0.1) is 11.8 Å². The first-order valence-electron chi connectivity index (χ1n) is 6.25. The lowest BCUT2D eigenvalue weighted by Crippen LogP contribution is -2.39. The van der Waals surface area contributed by atoms with Crippen LogP contribution in [0.5, 0.6) is 0 Å². The first-order valence-corrected chi connectivity index (χ1v) is 6.25. The molecule has 1 aromatic carbocycles. The molecule has 2 rings (SSSR count). The number of rotatable bonds is 2. The lowest BCUT2D eigenvalue weighted by Gasteiger charge is -2.37. The van der Waals surface area contributed by atoms with Gasteiger partial charge in [0.2, 0.25) is 0 Å². The Morgan fingerprint density at radius 1 is 1.25 bits per heavy atom. The Labute approximate surface area is 98.4 Å². The molecule has 16 heavy (non-hydrogen) atoms. The molecule has 2 atom stereocenters. The van der Waals surface area contributed by atoms with Gasteiger partial charge in [-0.1, -0.05) is 32.0 Å². The van der Waals surface area contributed by atoms with Crippen molar-refractivity contribution in [2.24, 2.45) is 17.6 Å². The molecule has 0 spiro atoms. The van der Waals surface area contributed by atoms with E-state index >= 15 is 0 Å². The third-order valence-electron chi connectivity index (χ3n) is 3.89. The molecule has 0 aliphatic carbocycles. The molecule has 2 nitrogen and oxygen atoms in total. The summed E-state index contributed by atoms with van der Waals surface area (Å²) in [6.07, 6.45) is 1.29. The van der Waals surface area contributed by atoms with Gasteiger partial charge < -0.3 is 10.6 Å². The van der Waals surface area contributed by atoms with Crippen LogP contribution in [0.1, 0.15) is 25.8 Å². The summed E-state index contributed by atoms with van der Waals surface area (Å²) in [5.41, 5.74) is 8.40. The SMILES string of the molecule is CC1CCN(c2ccccc2CN)CC1C. The van der Waals surface area contributed by atoms with Crippen LogP contribution in [0.4, 0.5) is 5.69 Å². The molecule has 1 fully saturated rings. The second-order valence-electron chi connectivity index (χ2n) is 5.02. The molecule has 1 saturated heterocycles. The lowest BCUT2D eigenvalue weighted by atomic mass is 9.88. The third-order valence-corrected chi connectivity index (χ3v) is 3.89. The Balaban J connectivity index is 2.18. The molecule has 0 aromatic heterocycles. The molecule has 2 heteroatoms. The highest BCUT2D eigenvalue weighted by Gasteiger charge is 2.23. The molecule has 0 bridgehead atoms. The van der Waals surface area contributed by atoms with E-state index in [1.165, 1.54) is 24.2 Å². The van der Waals surface area contributed by atoms with Gasteiger partial charge in [0.25, 0.3) is 0 Å². The fourth-order valence-electron chi connectivity index (χ4n) is 2.47. The van der Waals surface area contributed by atoms with E-state index in [0.29, 0.717) is 6.54 Å². The van der Waals surface area contributed by atoms with Crippen molar-refractivity contribution in [2.45, 2.75) is 26.8 Å². The maximum Gasteiger partial charge on any atom is 0.0411 e. The van der Waals surface area contributed by atoms with E-state index in [4.69, 9.17) is 5.73 Å². The van der Waals surface area contributed by atoms with Gasteiger partial charge in [-0.2, -0.15) is 0 Å². The normalized spacial score (nSPS) is 25.8. The Morgan fingerprint density at radius 3 is 2.69 bits per heavy atom. The van der Waals surface area contributed by atoms with Crippen LogP contribution in [-0.4, -0.2) is 13.1 Å². The summed E-state index contributed by atoms with van der Waals surface area (Å²) in [5.74, 6) is 1.63. The van der Waals surface area contributed by atoms with Crippen LogP contribution in [0.2, 0.25) is 0 Å². The molecule has 88 valence electrons. The van der Waals surface area contributed by atoms with Gasteiger partial charge in [0, 0.05) is 25.3 Å². The van der Waals surface area contributed by atoms with Crippen LogP contribution in [0.25, 0.3) is 0 Å². The van der Waals surface area contributed by atoms with Gasteiger partial charge in [-0.15, -0.1) is 0 Å². The topological polar surface area (TPSA) is 29.3 Å². The first kappa shape index (κ1) is 11.5. The van der Waals surface area contributed by atoms with E-state index in [-0.39, 0.29) is 0 Å². The molecular weight excluding hydrogens is 196 g/mol. The number of hydrogen-bond donors (Lipinski definition) is 1. The van der Waals surface area contributed by atoms with Gasteiger partial charge in [0.15, 0.2) is 0 Å². The number of piperidine rings is 1. The highest BCUT2D eigenvalue weighted by atomic mass is 15.1. The van der Waals surface area contributed by atoms with Crippen LogP contribution in [0.3, 0.4) is 0 Å². The first-order chi connectivity index (χ1) is 7.72. The zero-order valence-corrected chi connectivity index (χ0v) is 10.3. The van der Waals surface area contributed by atoms with Crippen molar-refractivity contribution in [2.75, 3.05) is 18.0 Å². The zero-order chi connectivity index (χ0) is 11.5. The van der Waals surface area contributed by atoms with Gasteiger partial charge >= 0.3 is 0 Å². The average Bonchev–Trinajstić information content (AvgIpc) is 2.32. The van der Waals surface area contributed by atoms with Gasteiger partial charge in [0.05, 0.1) is 0 Å². The number of para-hydroxylation sites is 1. The van der Waals surface area contributed by atoms with E-state index in [9.17, 15) is 0 Å².